The van der Waals surface area contributed by atoms with Gasteiger partial charge in [0.2, 0.25) is 11.5 Å². The minimum absolute atomic E-state index is 0.0156. The van der Waals surface area contributed by atoms with Gasteiger partial charge in [0.25, 0.3) is 0 Å². The van der Waals surface area contributed by atoms with E-state index in [0.29, 0.717) is 61.7 Å². The van der Waals surface area contributed by atoms with Crippen molar-refractivity contribution in [2.24, 2.45) is 0 Å². The number of phenols is 1. The molecule has 2 aromatic carbocycles. The molecule has 2 aromatic heterocycles. The zero-order chi connectivity index (χ0) is 36.5. The lowest BCUT2D eigenvalue weighted by molar-refractivity contribution is -0.131. The fourth-order valence-corrected chi connectivity index (χ4v) is 7.08. The number of ether oxygens (including phenoxy) is 2. The molecule has 2 saturated heterocycles. The van der Waals surface area contributed by atoms with Crippen LogP contribution in [-0.2, 0) is 27.2 Å². The number of likely N-dealkylation sites (tertiary alicyclic amines) is 1. The van der Waals surface area contributed by atoms with Crippen molar-refractivity contribution in [2.75, 3.05) is 77.6 Å². The van der Waals surface area contributed by atoms with Gasteiger partial charge in [-0.1, -0.05) is 30.3 Å². The molecule has 13 heteroatoms. The Morgan fingerprint density at radius 1 is 1.12 bits per heavy atom. The fourth-order valence-electron chi connectivity index (χ4n) is 7.08. The van der Waals surface area contributed by atoms with Crippen LogP contribution in [0.4, 0.5) is 10.2 Å². The number of aromatic hydroxyl groups is 1. The van der Waals surface area contributed by atoms with Crippen molar-refractivity contribution in [1.82, 2.24) is 25.1 Å². The lowest BCUT2D eigenvalue weighted by atomic mass is 9.89. The van der Waals surface area contributed by atoms with E-state index in [2.05, 4.69) is 49.4 Å². The van der Waals surface area contributed by atoms with Gasteiger partial charge in [0.05, 0.1) is 43.5 Å². The number of H-pyrrole nitrogens is 1. The van der Waals surface area contributed by atoms with Crippen molar-refractivity contribution in [3.8, 4) is 5.75 Å². The Morgan fingerprint density at radius 2 is 1.94 bits per heavy atom. The predicted molar refractivity (Wildman–Crippen MR) is 197 cm³/mol. The van der Waals surface area contributed by atoms with Gasteiger partial charge in [-0.15, -0.1) is 0 Å². The highest BCUT2D eigenvalue weighted by molar-refractivity contribution is 5.87. The first-order valence-electron chi connectivity index (χ1n) is 18.0. The minimum atomic E-state index is -0.863. The number of aliphatic hydroxyl groups excluding tert-OH is 1. The van der Waals surface area contributed by atoms with Crippen LogP contribution in [0, 0.1) is 5.82 Å². The number of amides is 1. The molecule has 1 amide bonds. The van der Waals surface area contributed by atoms with Gasteiger partial charge in [-0.05, 0) is 54.2 Å². The second-order valence-corrected chi connectivity index (χ2v) is 13.8. The lowest BCUT2D eigenvalue weighted by Crippen LogP contribution is -2.57. The summed E-state index contributed by atoms with van der Waals surface area (Å²) >= 11 is 0. The van der Waals surface area contributed by atoms with Crippen LogP contribution < -0.4 is 15.8 Å². The average Bonchev–Trinajstić information content (AvgIpc) is 3.14. The summed E-state index contributed by atoms with van der Waals surface area (Å²) in [5.41, 5.74) is 2.78. The number of nitrogens with one attached hydrogen (secondary N) is 2. The summed E-state index contributed by atoms with van der Waals surface area (Å²) in [5.74, 6) is 0.332. The van der Waals surface area contributed by atoms with Crippen molar-refractivity contribution < 1.29 is 28.9 Å². The number of carbonyl (C=O) groups is 1. The van der Waals surface area contributed by atoms with Crippen LogP contribution >= 0.6 is 0 Å². The maximum Gasteiger partial charge on any atom is 0.248 e. The number of aromatic amines is 1. The highest BCUT2D eigenvalue weighted by atomic mass is 19.1. The summed E-state index contributed by atoms with van der Waals surface area (Å²) in [5, 5.41) is 24.5. The zero-order valence-electron chi connectivity index (χ0n) is 29.7. The predicted octanol–water partition coefficient (Wildman–Crippen LogP) is 3.37. The number of nitrogens with zero attached hydrogens (tertiary/aromatic N) is 4. The first-order chi connectivity index (χ1) is 25.2. The fraction of sp³-hybridized carbons (Fsp3) is 0.462. The van der Waals surface area contributed by atoms with Crippen LogP contribution in [0.3, 0.4) is 0 Å². The minimum Gasteiger partial charge on any atom is -0.506 e. The van der Waals surface area contributed by atoms with E-state index in [0.717, 1.165) is 45.4 Å². The van der Waals surface area contributed by atoms with Crippen LogP contribution in [-0.4, -0.2) is 114 Å². The molecule has 278 valence electrons. The van der Waals surface area contributed by atoms with E-state index in [1.165, 1.54) is 41.6 Å². The number of hydrogen-bond donors (Lipinski definition) is 4. The second kappa shape index (κ2) is 17.4. The van der Waals surface area contributed by atoms with Crippen LogP contribution in [0.2, 0.25) is 0 Å². The Morgan fingerprint density at radius 3 is 2.77 bits per heavy atom. The van der Waals surface area contributed by atoms with E-state index in [-0.39, 0.29) is 41.6 Å². The molecule has 1 atom stereocenters. The van der Waals surface area contributed by atoms with Gasteiger partial charge < -0.3 is 39.8 Å². The molecule has 0 unspecified atom stereocenters. The molecule has 4 aromatic rings. The molecule has 0 bridgehead atoms. The van der Waals surface area contributed by atoms with E-state index in [1.54, 1.807) is 24.1 Å². The van der Waals surface area contributed by atoms with Gasteiger partial charge in [-0.25, -0.2) is 9.37 Å². The van der Waals surface area contributed by atoms with E-state index in [1.807, 2.05) is 0 Å². The Labute approximate surface area is 303 Å². The van der Waals surface area contributed by atoms with Crippen molar-refractivity contribution in [1.29, 1.82) is 0 Å². The zero-order valence-corrected chi connectivity index (χ0v) is 29.7. The molecule has 0 radical (unpaired) electrons. The number of halogens is 1. The summed E-state index contributed by atoms with van der Waals surface area (Å²) in [4.78, 5) is 37.5. The largest absolute Gasteiger partial charge is 0.506 e. The summed E-state index contributed by atoms with van der Waals surface area (Å²) in [6.45, 7) is 6.86. The molecular formula is C39H49FN6O6. The Bertz CT molecular complexity index is 1860. The molecule has 4 N–H and O–H groups in total. The van der Waals surface area contributed by atoms with E-state index < -0.39 is 6.10 Å². The van der Waals surface area contributed by atoms with Gasteiger partial charge in [0.1, 0.15) is 17.4 Å². The maximum atomic E-state index is 13.8. The van der Waals surface area contributed by atoms with Crippen LogP contribution in [0.1, 0.15) is 42.1 Å². The SMILES string of the molecule is CN(CCNC[C@H](O)c1ccc(O)c2[nH]c(=O)ccc12)C(=O)CCOCCc1cccc(CN2CCC3(CC2)CN(c2cc(F)ccn2)CCO3)c1. The number of phenolic OH excluding ortho intramolecular Hbond substituents is 1. The summed E-state index contributed by atoms with van der Waals surface area (Å²) < 4.78 is 25.9. The third kappa shape index (κ3) is 9.72. The summed E-state index contributed by atoms with van der Waals surface area (Å²) in [6.07, 6.45) is 3.54. The molecular weight excluding hydrogens is 667 g/mol. The van der Waals surface area contributed by atoms with Crippen molar-refractivity contribution in [2.45, 2.75) is 43.9 Å². The molecule has 12 nitrogen and oxygen atoms in total. The number of hydrogen-bond acceptors (Lipinski definition) is 10. The molecule has 1 spiro atoms. The number of carbonyl (C=O) groups excluding carboxylic acids is 1. The van der Waals surface area contributed by atoms with Gasteiger partial charge >= 0.3 is 0 Å². The van der Waals surface area contributed by atoms with Gasteiger partial charge in [-0.3, -0.25) is 14.5 Å². The average molecular weight is 717 g/mol. The number of fused-ring (bicyclic) bond motifs is 1. The smallest absolute Gasteiger partial charge is 0.248 e. The summed E-state index contributed by atoms with van der Waals surface area (Å²) in [6, 6.07) is 17.5. The number of piperidine rings is 1. The number of anilines is 1. The number of benzene rings is 2. The molecule has 0 saturated carbocycles. The Kier molecular flexibility index (Phi) is 12.5. The number of rotatable bonds is 15. The first kappa shape index (κ1) is 37.4. The van der Waals surface area contributed by atoms with E-state index in [4.69, 9.17) is 9.47 Å². The first-order valence-corrected chi connectivity index (χ1v) is 18.0. The number of morpholine rings is 1. The third-order valence-corrected chi connectivity index (χ3v) is 10.1. The summed E-state index contributed by atoms with van der Waals surface area (Å²) in [7, 11) is 1.75. The number of aliphatic hydroxyl groups is 1. The third-order valence-electron chi connectivity index (χ3n) is 10.1. The highest BCUT2D eigenvalue weighted by Gasteiger charge is 2.40. The lowest BCUT2D eigenvalue weighted by Gasteiger charge is -2.47. The highest BCUT2D eigenvalue weighted by Crippen LogP contribution is 2.33. The molecule has 4 heterocycles. The normalized spacial score (nSPS) is 16.7. The number of likely N-dealkylation sites (N-methyl/N-ethyl adjacent to an activating group) is 1. The van der Waals surface area contributed by atoms with Crippen LogP contribution in [0.25, 0.3) is 10.9 Å². The van der Waals surface area contributed by atoms with Gasteiger partial charge in [-0.2, -0.15) is 0 Å². The topological polar surface area (TPSA) is 143 Å². The number of aromatic nitrogens is 2. The Balaban J connectivity index is 0.852. The van der Waals surface area contributed by atoms with Crippen LogP contribution in [0.15, 0.2) is 71.7 Å². The molecule has 2 aliphatic rings. The standard InChI is InChI=1S/C39H49FN6O6/c1-44(18-15-41-25-34(48)31-5-7-33(47)38-32(31)6-8-36(49)43-38)37(50)11-21-51-20-10-28-3-2-4-29(23-28)26-45-16-12-39(13-17-45)27-46(19-22-52-39)35-24-30(40)9-14-42-35/h2-9,14,23-24,34,41,47-48H,10-13,15-22,25-27H2,1H3,(H,43,49)/t34-/m0/s1. The number of pyridine rings is 2. The van der Waals surface area contributed by atoms with Gasteiger partial charge in [0, 0.05) is 83.1 Å². The molecule has 2 aliphatic heterocycles. The van der Waals surface area contributed by atoms with E-state index in [9.17, 15) is 24.2 Å². The Hall–Kier alpha value is -4.40. The van der Waals surface area contributed by atoms with E-state index >= 15 is 0 Å². The second-order valence-electron chi connectivity index (χ2n) is 13.8. The monoisotopic (exact) mass is 716 g/mol. The molecule has 2 fully saturated rings. The molecule has 0 aliphatic carbocycles. The van der Waals surface area contributed by atoms with Crippen molar-refractivity contribution >= 4 is 22.6 Å². The van der Waals surface area contributed by atoms with Crippen molar-refractivity contribution in [3.05, 3.63) is 99.7 Å². The van der Waals surface area contributed by atoms with Gasteiger partial charge in [0.15, 0.2) is 0 Å². The van der Waals surface area contributed by atoms with Crippen LogP contribution in [0.5, 0.6) is 5.75 Å². The molecule has 6 rings (SSSR count). The quantitative estimate of drug-likeness (QED) is 0.135. The van der Waals surface area contributed by atoms with Crippen molar-refractivity contribution in [3.63, 3.8) is 0 Å². The maximum absolute atomic E-state index is 13.8. The molecule has 52 heavy (non-hydrogen) atoms.